The van der Waals surface area contributed by atoms with Crippen LogP contribution in [0.3, 0.4) is 0 Å². The highest BCUT2D eigenvalue weighted by Crippen LogP contribution is 2.15. The number of hydrogen-bond donors (Lipinski definition) is 2. The van der Waals surface area contributed by atoms with Crippen LogP contribution >= 0.6 is 9.39 Å². The van der Waals surface area contributed by atoms with Gasteiger partial charge in [-0.2, -0.15) is 0 Å². The number of rotatable bonds is 6. The van der Waals surface area contributed by atoms with Crippen LogP contribution in [0.4, 0.5) is 0 Å². The summed E-state index contributed by atoms with van der Waals surface area (Å²) in [6, 6.07) is 0. The fourth-order valence-corrected chi connectivity index (χ4v) is 1.11. The molecule has 14 heavy (non-hydrogen) atoms. The Balaban J connectivity index is 4.45. The van der Waals surface area contributed by atoms with Crippen molar-refractivity contribution in [3.05, 3.63) is 16.9 Å². The normalized spacial score (nSPS) is 12.4. The lowest BCUT2D eigenvalue weighted by Gasteiger charge is -2.37. The van der Waals surface area contributed by atoms with Crippen LogP contribution < -0.4 is 11.6 Å². The quantitative estimate of drug-likeness (QED) is 0.398. The summed E-state index contributed by atoms with van der Waals surface area (Å²) in [4.78, 5) is 0. The van der Waals surface area contributed by atoms with Crippen LogP contribution in [0.1, 0.15) is 26.7 Å². The summed E-state index contributed by atoms with van der Waals surface area (Å²) in [5, 5.41) is 1.37. The molecule has 0 bridgehead atoms. The first-order chi connectivity index (χ1) is 6.54. The zero-order valence-corrected chi connectivity index (χ0v) is 10.3. The molecule has 4 N–H and O–H groups in total. The maximum absolute atomic E-state index is 5.85. The van der Waals surface area contributed by atoms with Gasteiger partial charge in [0.15, 0.2) is 0 Å². The molecule has 0 aromatic carbocycles. The molecule has 0 radical (unpaired) electrons. The molecule has 1 atom stereocenters. The minimum absolute atomic E-state index is 0.625. The van der Waals surface area contributed by atoms with Gasteiger partial charge in [0.1, 0.15) is 5.82 Å². The highest BCUT2D eigenvalue weighted by Gasteiger charge is 2.03. The number of hydrogen-bond acceptors (Lipinski definition) is 4. The van der Waals surface area contributed by atoms with E-state index in [1.165, 1.54) is 5.12 Å². The minimum Gasteiger partial charge on any atom is -0.552 e. The highest BCUT2D eigenvalue weighted by molar-refractivity contribution is 7.13. The van der Waals surface area contributed by atoms with Crippen LogP contribution in [-0.2, 0) is 0 Å². The summed E-state index contributed by atoms with van der Waals surface area (Å²) in [6.45, 7) is 4.77. The average Bonchev–Trinajstić information content (AvgIpc) is 2.15. The van der Waals surface area contributed by atoms with E-state index in [0.29, 0.717) is 12.4 Å². The molecule has 6 heteroatoms. The number of allylic oxidation sites excluding steroid dienone is 1. The van der Waals surface area contributed by atoms with Crippen molar-refractivity contribution in [2.24, 2.45) is 11.6 Å². The Labute approximate surface area is 88.7 Å². The molecule has 84 valence electrons. The first-order valence-corrected chi connectivity index (χ1v) is 5.25. The van der Waals surface area contributed by atoms with Crippen molar-refractivity contribution >= 4 is 9.39 Å². The topological polar surface area (TPSA) is 72.6 Å². The lowest BCUT2D eigenvalue weighted by Crippen LogP contribution is -2.31. The van der Waals surface area contributed by atoms with Crippen molar-refractivity contribution in [1.82, 2.24) is 9.79 Å². The molecule has 0 saturated carbocycles. The number of nitrogens with zero attached hydrogens (tertiary/aromatic N) is 3. The standard InChI is InChI=1S/C8H21N5P/c1-4-6-11-13(10)7(5-2)8(9)12(3)14/h4-6,9-10,14H2,1-3H3/q-1/b8-7+. The second kappa shape index (κ2) is 6.87. The highest BCUT2D eigenvalue weighted by atomic mass is 31.0. The van der Waals surface area contributed by atoms with E-state index in [9.17, 15) is 0 Å². The van der Waals surface area contributed by atoms with Crippen molar-refractivity contribution in [2.75, 3.05) is 13.6 Å². The van der Waals surface area contributed by atoms with Crippen LogP contribution in [0.2, 0.25) is 0 Å². The fraction of sp³-hybridized carbons (Fsp3) is 0.750. The SMILES string of the molecule is CCC[N-]N(N)/C(CC)=C(\N)N(C)P. The third kappa shape index (κ3) is 4.13. The van der Waals surface area contributed by atoms with Crippen LogP contribution in [0.25, 0.3) is 5.43 Å². The van der Waals surface area contributed by atoms with Crippen LogP contribution in [-0.4, -0.2) is 23.4 Å². The maximum atomic E-state index is 5.85. The summed E-state index contributed by atoms with van der Waals surface area (Å²) in [5.74, 6) is 6.37. The van der Waals surface area contributed by atoms with Gasteiger partial charge in [-0.15, -0.1) is 6.54 Å². The van der Waals surface area contributed by atoms with Crippen molar-refractivity contribution in [3.8, 4) is 0 Å². The molecule has 0 aliphatic carbocycles. The summed E-state index contributed by atoms with van der Waals surface area (Å²) in [6.07, 6.45) is 1.73. The summed E-state index contributed by atoms with van der Waals surface area (Å²) in [7, 11) is 4.34. The summed E-state index contributed by atoms with van der Waals surface area (Å²) in [5.41, 5.74) is 10.8. The maximum Gasteiger partial charge on any atom is 0.121 e. The van der Waals surface area contributed by atoms with E-state index >= 15 is 0 Å². The van der Waals surface area contributed by atoms with E-state index in [0.717, 1.165) is 18.5 Å². The lowest BCUT2D eigenvalue weighted by molar-refractivity contribution is 0.409. The zero-order valence-electron chi connectivity index (χ0n) is 9.20. The Morgan fingerprint density at radius 2 is 2.00 bits per heavy atom. The molecule has 0 aliphatic heterocycles. The average molecular weight is 218 g/mol. The third-order valence-electron chi connectivity index (χ3n) is 1.76. The van der Waals surface area contributed by atoms with Gasteiger partial charge < -0.3 is 20.9 Å². The van der Waals surface area contributed by atoms with Gasteiger partial charge in [-0.05, 0) is 15.8 Å². The van der Waals surface area contributed by atoms with Crippen LogP contribution in [0.5, 0.6) is 0 Å². The van der Waals surface area contributed by atoms with Gasteiger partial charge in [-0.3, -0.25) is 5.84 Å². The Kier molecular flexibility index (Phi) is 6.62. The molecule has 0 aromatic heterocycles. The van der Waals surface area contributed by atoms with Crippen molar-refractivity contribution in [1.29, 1.82) is 0 Å². The molecule has 0 fully saturated rings. The Morgan fingerprint density at radius 3 is 2.36 bits per heavy atom. The van der Waals surface area contributed by atoms with Gasteiger partial charge in [0.25, 0.3) is 0 Å². The second-order valence-corrected chi connectivity index (χ2v) is 3.78. The van der Waals surface area contributed by atoms with Gasteiger partial charge in [-0.1, -0.05) is 20.3 Å². The summed E-state index contributed by atoms with van der Waals surface area (Å²) >= 11 is 0. The monoisotopic (exact) mass is 218 g/mol. The molecular formula is C8H21N5P-. The van der Waals surface area contributed by atoms with Gasteiger partial charge in [0.05, 0.1) is 5.70 Å². The smallest absolute Gasteiger partial charge is 0.121 e. The first-order valence-electron chi connectivity index (χ1n) is 4.73. The third-order valence-corrected chi connectivity index (χ3v) is 2.04. The van der Waals surface area contributed by atoms with E-state index in [4.69, 9.17) is 11.6 Å². The van der Waals surface area contributed by atoms with Gasteiger partial charge >= 0.3 is 0 Å². The second-order valence-electron chi connectivity index (χ2n) is 3.01. The predicted molar refractivity (Wildman–Crippen MR) is 63.5 cm³/mol. The Hall–Kier alpha value is -0.510. The van der Waals surface area contributed by atoms with E-state index < -0.39 is 0 Å². The molecule has 0 heterocycles. The van der Waals surface area contributed by atoms with Crippen LogP contribution in [0, 0.1) is 0 Å². The molecule has 0 spiro atoms. The first kappa shape index (κ1) is 13.5. The lowest BCUT2D eigenvalue weighted by atomic mass is 10.3. The Morgan fingerprint density at radius 1 is 1.43 bits per heavy atom. The molecule has 0 saturated heterocycles. The fourth-order valence-electron chi connectivity index (χ4n) is 0.957. The largest absolute Gasteiger partial charge is 0.552 e. The predicted octanol–water partition coefficient (Wildman–Crippen LogP) is 1.12. The van der Waals surface area contributed by atoms with Crippen molar-refractivity contribution < 1.29 is 0 Å². The molecule has 1 unspecified atom stereocenters. The van der Waals surface area contributed by atoms with Gasteiger partial charge in [-0.25, -0.2) is 0 Å². The van der Waals surface area contributed by atoms with Gasteiger partial charge in [0.2, 0.25) is 0 Å². The van der Waals surface area contributed by atoms with E-state index in [1.807, 2.05) is 14.0 Å². The van der Waals surface area contributed by atoms with Crippen molar-refractivity contribution in [2.45, 2.75) is 26.7 Å². The summed E-state index contributed by atoms with van der Waals surface area (Å²) < 4.78 is 1.75. The van der Waals surface area contributed by atoms with E-state index in [2.05, 4.69) is 21.7 Å². The van der Waals surface area contributed by atoms with Gasteiger partial charge in [0, 0.05) is 7.05 Å². The Bertz CT molecular complexity index is 192. The van der Waals surface area contributed by atoms with E-state index in [1.54, 1.807) is 4.67 Å². The molecular weight excluding hydrogens is 197 g/mol. The number of nitrogens with two attached hydrogens (primary N) is 2. The molecule has 5 nitrogen and oxygen atoms in total. The molecule has 0 aromatic rings. The van der Waals surface area contributed by atoms with Crippen molar-refractivity contribution in [3.63, 3.8) is 0 Å². The molecule has 0 aliphatic rings. The molecule has 0 rings (SSSR count). The zero-order chi connectivity index (χ0) is 11.1. The molecule has 0 amide bonds. The minimum atomic E-state index is 0.625. The van der Waals surface area contributed by atoms with Crippen LogP contribution in [0.15, 0.2) is 11.5 Å². The number of hydrazine groups is 1. The van der Waals surface area contributed by atoms with E-state index in [-0.39, 0.29) is 0 Å².